The van der Waals surface area contributed by atoms with Crippen LogP contribution in [0.15, 0.2) is 34.2 Å². The molecule has 0 unspecified atom stereocenters. The first-order chi connectivity index (χ1) is 9.62. The topological polar surface area (TPSA) is 37.8 Å². The van der Waals surface area contributed by atoms with Gasteiger partial charge in [0.05, 0.1) is 4.90 Å². The van der Waals surface area contributed by atoms with E-state index in [1.54, 1.807) is 13.1 Å². The van der Waals surface area contributed by atoms with Crippen molar-refractivity contribution in [3.63, 3.8) is 0 Å². The molecule has 2 aromatic rings. The number of aryl methyl sites for hydroxylation is 1. The summed E-state index contributed by atoms with van der Waals surface area (Å²) in [5.74, 6) is 0.435. The number of halogens is 2. The van der Waals surface area contributed by atoms with E-state index in [1.165, 1.54) is 6.07 Å². The summed E-state index contributed by atoms with van der Waals surface area (Å²) in [6.45, 7) is 2.04. The Morgan fingerprint density at radius 1 is 1.20 bits per heavy atom. The van der Waals surface area contributed by atoms with E-state index in [9.17, 15) is 8.78 Å². The zero-order chi connectivity index (χ0) is 14.5. The number of aromatic nitrogens is 2. The smallest absolute Gasteiger partial charge is 0.137 e. The number of hydrogen-bond donors (Lipinski definition) is 1. The molecule has 0 aliphatic rings. The van der Waals surface area contributed by atoms with Crippen molar-refractivity contribution in [2.24, 2.45) is 0 Å². The molecular formula is C14H15F2N3S. The predicted octanol–water partition coefficient (Wildman–Crippen LogP) is 3.90. The minimum atomic E-state index is -0.467. The van der Waals surface area contributed by atoms with Crippen LogP contribution in [-0.4, -0.2) is 17.0 Å². The molecule has 20 heavy (non-hydrogen) atoms. The SMILES string of the molecule is CCCc1nc(NC)cc(Sc2cc(F)ccc2F)n1. The Morgan fingerprint density at radius 2 is 2.00 bits per heavy atom. The Labute approximate surface area is 120 Å². The van der Waals surface area contributed by atoms with Crippen molar-refractivity contribution in [3.05, 3.63) is 41.7 Å². The van der Waals surface area contributed by atoms with Gasteiger partial charge in [0.1, 0.15) is 28.3 Å². The molecule has 0 radical (unpaired) electrons. The van der Waals surface area contributed by atoms with E-state index in [-0.39, 0.29) is 4.90 Å². The fourth-order valence-electron chi connectivity index (χ4n) is 1.66. The van der Waals surface area contributed by atoms with E-state index in [1.807, 2.05) is 6.92 Å². The molecule has 3 nitrogen and oxygen atoms in total. The second-order valence-corrected chi connectivity index (χ2v) is 5.25. The van der Waals surface area contributed by atoms with Crippen molar-refractivity contribution in [3.8, 4) is 0 Å². The maximum absolute atomic E-state index is 13.6. The highest BCUT2D eigenvalue weighted by atomic mass is 32.2. The molecule has 0 aliphatic heterocycles. The highest BCUT2D eigenvalue weighted by Crippen LogP contribution is 2.30. The summed E-state index contributed by atoms with van der Waals surface area (Å²) in [4.78, 5) is 8.90. The van der Waals surface area contributed by atoms with Crippen LogP contribution < -0.4 is 5.32 Å². The van der Waals surface area contributed by atoms with E-state index in [0.29, 0.717) is 16.7 Å². The molecule has 0 bridgehead atoms. The Kier molecular flexibility index (Phi) is 4.89. The number of rotatable bonds is 5. The van der Waals surface area contributed by atoms with Crippen molar-refractivity contribution in [2.75, 3.05) is 12.4 Å². The predicted molar refractivity (Wildman–Crippen MR) is 76.1 cm³/mol. The first-order valence-electron chi connectivity index (χ1n) is 6.31. The summed E-state index contributed by atoms with van der Waals surface area (Å²) in [7, 11) is 1.76. The van der Waals surface area contributed by atoms with Crippen LogP contribution in [0.4, 0.5) is 14.6 Å². The molecule has 0 saturated heterocycles. The molecule has 1 aromatic carbocycles. The van der Waals surface area contributed by atoms with Crippen LogP contribution in [0, 0.1) is 11.6 Å². The van der Waals surface area contributed by atoms with Gasteiger partial charge in [-0.15, -0.1) is 0 Å². The molecule has 106 valence electrons. The van der Waals surface area contributed by atoms with Gasteiger partial charge in [0.25, 0.3) is 0 Å². The Morgan fingerprint density at radius 3 is 2.70 bits per heavy atom. The quantitative estimate of drug-likeness (QED) is 0.849. The average molecular weight is 295 g/mol. The van der Waals surface area contributed by atoms with Crippen molar-refractivity contribution in [1.29, 1.82) is 0 Å². The van der Waals surface area contributed by atoms with E-state index in [0.717, 1.165) is 36.7 Å². The van der Waals surface area contributed by atoms with Crippen LogP contribution in [-0.2, 0) is 6.42 Å². The van der Waals surface area contributed by atoms with Gasteiger partial charge in [-0.1, -0.05) is 18.7 Å². The second kappa shape index (κ2) is 6.65. The average Bonchev–Trinajstić information content (AvgIpc) is 2.43. The summed E-state index contributed by atoms with van der Waals surface area (Å²) >= 11 is 1.09. The van der Waals surface area contributed by atoms with Crippen LogP contribution in [0.1, 0.15) is 19.2 Å². The number of nitrogens with one attached hydrogen (secondary N) is 1. The maximum atomic E-state index is 13.6. The molecule has 0 spiro atoms. The number of nitrogens with zero attached hydrogens (tertiary/aromatic N) is 2. The third kappa shape index (κ3) is 3.66. The van der Waals surface area contributed by atoms with Gasteiger partial charge in [0.15, 0.2) is 0 Å². The van der Waals surface area contributed by atoms with E-state index in [4.69, 9.17) is 0 Å². The van der Waals surface area contributed by atoms with E-state index in [2.05, 4.69) is 15.3 Å². The minimum absolute atomic E-state index is 0.216. The highest BCUT2D eigenvalue weighted by Gasteiger charge is 2.09. The molecule has 0 amide bonds. The number of anilines is 1. The molecule has 0 aliphatic carbocycles. The van der Waals surface area contributed by atoms with E-state index >= 15 is 0 Å². The van der Waals surface area contributed by atoms with Gasteiger partial charge >= 0.3 is 0 Å². The summed E-state index contributed by atoms with van der Waals surface area (Å²) in [5.41, 5.74) is 0. The number of hydrogen-bond acceptors (Lipinski definition) is 4. The third-order valence-corrected chi connectivity index (χ3v) is 3.54. The number of benzene rings is 1. The van der Waals surface area contributed by atoms with Gasteiger partial charge in [-0.25, -0.2) is 18.7 Å². The lowest BCUT2D eigenvalue weighted by atomic mass is 10.3. The highest BCUT2D eigenvalue weighted by molar-refractivity contribution is 7.99. The lowest BCUT2D eigenvalue weighted by Crippen LogP contribution is -2.01. The molecule has 2 rings (SSSR count). The standard InChI is InChI=1S/C14H15F2N3S/c1-3-4-12-18-13(17-2)8-14(19-12)20-11-7-9(15)5-6-10(11)16/h5-8H,3-4H2,1-2H3,(H,17,18,19). The molecule has 1 N–H and O–H groups in total. The fourth-order valence-corrected chi connectivity index (χ4v) is 2.54. The van der Waals surface area contributed by atoms with Gasteiger partial charge in [-0.3, -0.25) is 0 Å². The summed E-state index contributed by atoms with van der Waals surface area (Å²) in [5, 5.41) is 3.54. The minimum Gasteiger partial charge on any atom is -0.373 e. The van der Waals surface area contributed by atoms with Gasteiger partial charge in [-0.05, 0) is 24.6 Å². The van der Waals surface area contributed by atoms with Crippen molar-refractivity contribution in [1.82, 2.24) is 9.97 Å². The molecule has 1 heterocycles. The van der Waals surface area contributed by atoms with Crippen LogP contribution in [0.3, 0.4) is 0 Å². The Bertz CT molecular complexity index is 605. The van der Waals surface area contributed by atoms with Crippen LogP contribution >= 0.6 is 11.8 Å². The molecule has 6 heteroatoms. The summed E-state index contributed by atoms with van der Waals surface area (Å²) in [6.07, 6.45) is 1.67. The van der Waals surface area contributed by atoms with Gasteiger partial charge in [0.2, 0.25) is 0 Å². The first-order valence-corrected chi connectivity index (χ1v) is 7.12. The van der Waals surface area contributed by atoms with Crippen LogP contribution in [0.25, 0.3) is 0 Å². The second-order valence-electron chi connectivity index (χ2n) is 4.18. The van der Waals surface area contributed by atoms with Crippen LogP contribution in [0.2, 0.25) is 0 Å². The molecule has 0 saturated carbocycles. The molecule has 0 atom stereocenters. The monoisotopic (exact) mass is 295 g/mol. The van der Waals surface area contributed by atoms with E-state index < -0.39 is 11.6 Å². The largest absolute Gasteiger partial charge is 0.373 e. The molecule has 0 fully saturated rings. The molecular weight excluding hydrogens is 280 g/mol. The Hall–Kier alpha value is -1.69. The van der Waals surface area contributed by atoms with Gasteiger partial charge < -0.3 is 5.32 Å². The summed E-state index contributed by atoms with van der Waals surface area (Å²) in [6, 6.07) is 5.10. The van der Waals surface area contributed by atoms with Crippen LogP contribution in [0.5, 0.6) is 0 Å². The third-order valence-electron chi connectivity index (χ3n) is 2.59. The summed E-state index contributed by atoms with van der Waals surface area (Å²) < 4.78 is 26.8. The normalized spacial score (nSPS) is 10.6. The Balaban J connectivity index is 2.32. The van der Waals surface area contributed by atoms with Crippen molar-refractivity contribution >= 4 is 17.6 Å². The maximum Gasteiger partial charge on any atom is 0.137 e. The lowest BCUT2D eigenvalue weighted by molar-refractivity contribution is 0.577. The fraction of sp³-hybridized carbons (Fsp3) is 0.286. The zero-order valence-corrected chi connectivity index (χ0v) is 12.1. The van der Waals surface area contributed by atoms with Crippen molar-refractivity contribution in [2.45, 2.75) is 29.7 Å². The zero-order valence-electron chi connectivity index (χ0n) is 11.3. The first kappa shape index (κ1) is 14.7. The lowest BCUT2D eigenvalue weighted by Gasteiger charge is -2.07. The van der Waals surface area contributed by atoms with Gasteiger partial charge in [0, 0.05) is 19.5 Å². The van der Waals surface area contributed by atoms with Crippen molar-refractivity contribution < 1.29 is 8.78 Å². The van der Waals surface area contributed by atoms with Gasteiger partial charge in [-0.2, -0.15) is 0 Å². The molecule has 1 aromatic heterocycles.